The highest BCUT2D eigenvalue weighted by Crippen LogP contribution is 2.35. The molecule has 1 aromatic carbocycles. The number of hydrogen-bond donors (Lipinski definition) is 1. The van der Waals surface area contributed by atoms with Crippen LogP contribution in [0.2, 0.25) is 0 Å². The second kappa shape index (κ2) is 7.77. The Balaban J connectivity index is 0.00000192. The van der Waals surface area contributed by atoms with E-state index in [1.165, 1.54) is 0 Å². The highest BCUT2D eigenvalue weighted by atomic mass is 35.5. The van der Waals surface area contributed by atoms with Gasteiger partial charge in [0.15, 0.2) is 5.82 Å². The van der Waals surface area contributed by atoms with Gasteiger partial charge in [-0.1, -0.05) is 24.1 Å². The molecule has 3 rings (SSSR count). The largest absolute Gasteiger partial charge is 0.491 e. The van der Waals surface area contributed by atoms with Crippen LogP contribution in [0.15, 0.2) is 28.8 Å². The van der Waals surface area contributed by atoms with Gasteiger partial charge in [0.25, 0.3) is 5.89 Å². The molecule has 0 spiro atoms. The number of rotatable bonds is 6. The lowest BCUT2D eigenvalue weighted by Gasteiger charge is -2.17. The van der Waals surface area contributed by atoms with Crippen LogP contribution < -0.4 is 10.5 Å². The van der Waals surface area contributed by atoms with E-state index < -0.39 is 5.54 Å². The monoisotopic (exact) mass is 339 g/mol. The number of halogens is 1. The summed E-state index contributed by atoms with van der Waals surface area (Å²) in [5, 5.41) is 4.08. The Labute approximate surface area is 141 Å². The van der Waals surface area contributed by atoms with Gasteiger partial charge in [0.05, 0.1) is 12.1 Å². The lowest BCUT2D eigenvalue weighted by atomic mass is 9.99. The molecular formula is C16H22ClN3O3. The molecule has 0 aliphatic heterocycles. The van der Waals surface area contributed by atoms with E-state index in [1.807, 2.05) is 24.3 Å². The van der Waals surface area contributed by atoms with Gasteiger partial charge in [0, 0.05) is 12.7 Å². The molecule has 0 saturated heterocycles. The van der Waals surface area contributed by atoms with Gasteiger partial charge in [-0.2, -0.15) is 4.98 Å². The Morgan fingerprint density at radius 2 is 2.04 bits per heavy atom. The van der Waals surface area contributed by atoms with E-state index in [4.69, 9.17) is 19.7 Å². The van der Waals surface area contributed by atoms with Crippen LogP contribution >= 0.6 is 12.4 Å². The van der Waals surface area contributed by atoms with Crippen molar-refractivity contribution in [1.82, 2.24) is 10.1 Å². The van der Waals surface area contributed by atoms with Crippen molar-refractivity contribution in [2.45, 2.75) is 31.2 Å². The molecule has 0 bridgehead atoms. The van der Waals surface area contributed by atoms with E-state index in [1.54, 1.807) is 7.11 Å². The van der Waals surface area contributed by atoms with Crippen molar-refractivity contribution in [3.05, 3.63) is 30.1 Å². The van der Waals surface area contributed by atoms with Crippen LogP contribution in [0.4, 0.5) is 0 Å². The first-order valence-electron chi connectivity index (χ1n) is 7.56. The zero-order chi connectivity index (χ0) is 15.4. The third kappa shape index (κ3) is 4.02. The van der Waals surface area contributed by atoms with Crippen LogP contribution in [0, 0.1) is 0 Å². The molecule has 1 aromatic heterocycles. The summed E-state index contributed by atoms with van der Waals surface area (Å²) < 4.78 is 16.0. The maximum Gasteiger partial charge on any atom is 0.258 e. The topological polar surface area (TPSA) is 83.4 Å². The predicted molar refractivity (Wildman–Crippen MR) is 88.7 cm³/mol. The van der Waals surface area contributed by atoms with Crippen LogP contribution in [0.25, 0.3) is 11.5 Å². The predicted octanol–water partition coefficient (Wildman–Crippen LogP) is 2.91. The Morgan fingerprint density at radius 3 is 2.78 bits per heavy atom. The second-order valence-corrected chi connectivity index (χ2v) is 5.66. The summed E-state index contributed by atoms with van der Waals surface area (Å²) in [6.45, 7) is 1.05. The average molecular weight is 340 g/mol. The molecule has 23 heavy (non-hydrogen) atoms. The van der Waals surface area contributed by atoms with E-state index >= 15 is 0 Å². The summed E-state index contributed by atoms with van der Waals surface area (Å²) in [4.78, 5) is 4.49. The molecule has 0 radical (unpaired) electrons. The van der Waals surface area contributed by atoms with E-state index in [2.05, 4.69) is 10.1 Å². The minimum atomic E-state index is -0.436. The van der Waals surface area contributed by atoms with E-state index in [0.29, 0.717) is 24.9 Å². The average Bonchev–Trinajstić information content (AvgIpc) is 3.18. The smallest absolute Gasteiger partial charge is 0.258 e. The molecule has 6 nitrogen and oxygen atoms in total. The number of hydrogen-bond acceptors (Lipinski definition) is 6. The molecule has 0 atom stereocenters. The second-order valence-electron chi connectivity index (χ2n) is 5.66. The number of benzene rings is 1. The van der Waals surface area contributed by atoms with Crippen molar-refractivity contribution in [2.75, 3.05) is 20.3 Å². The zero-order valence-electron chi connectivity index (χ0n) is 13.2. The highest BCUT2D eigenvalue weighted by Gasteiger charge is 2.36. The molecule has 1 aliphatic rings. The van der Waals surface area contributed by atoms with Gasteiger partial charge in [-0.3, -0.25) is 0 Å². The van der Waals surface area contributed by atoms with E-state index in [9.17, 15) is 0 Å². The van der Waals surface area contributed by atoms with Gasteiger partial charge in [0.2, 0.25) is 0 Å². The lowest BCUT2D eigenvalue weighted by molar-refractivity contribution is 0.146. The Morgan fingerprint density at radius 1 is 1.26 bits per heavy atom. The first-order valence-corrected chi connectivity index (χ1v) is 7.56. The normalized spacial score (nSPS) is 16.1. The SMILES string of the molecule is COCCOc1cccc(-c2nc(C3(N)CCCC3)no2)c1.Cl. The van der Waals surface area contributed by atoms with Crippen LogP contribution in [0.5, 0.6) is 5.75 Å². The van der Waals surface area contributed by atoms with Gasteiger partial charge in [-0.05, 0) is 31.0 Å². The van der Waals surface area contributed by atoms with Crippen molar-refractivity contribution < 1.29 is 14.0 Å². The molecule has 0 unspecified atom stereocenters. The number of nitrogens with zero attached hydrogens (tertiary/aromatic N) is 2. The molecule has 2 N–H and O–H groups in total. The number of aromatic nitrogens is 2. The minimum Gasteiger partial charge on any atom is -0.491 e. The van der Waals surface area contributed by atoms with Gasteiger partial charge in [-0.25, -0.2) is 0 Å². The summed E-state index contributed by atoms with van der Waals surface area (Å²) in [6.07, 6.45) is 4.05. The molecule has 0 amide bonds. The number of methoxy groups -OCH3 is 1. The van der Waals surface area contributed by atoms with E-state index in [0.717, 1.165) is 37.0 Å². The fraction of sp³-hybridized carbons (Fsp3) is 0.500. The van der Waals surface area contributed by atoms with Crippen molar-refractivity contribution in [2.24, 2.45) is 5.73 Å². The van der Waals surface area contributed by atoms with Gasteiger partial charge in [0.1, 0.15) is 12.4 Å². The molecule has 1 aliphatic carbocycles. The quantitative estimate of drug-likeness (QED) is 0.815. The Bertz CT molecular complexity index is 627. The Kier molecular flexibility index (Phi) is 5.98. The molecular weight excluding hydrogens is 318 g/mol. The van der Waals surface area contributed by atoms with Crippen LogP contribution in [-0.4, -0.2) is 30.5 Å². The maximum atomic E-state index is 6.36. The first-order chi connectivity index (χ1) is 10.7. The number of nitrogens with two attached hydrogens (primary N) is 1. The van der Waals surface area contributed by atoms with Gasteiger partial charge >= 0.3 is 0 Å². The summed E-state index contributed by atoms with van der Waals surface area (Å²) in [6, 6.07) is 7.58. The maximum absolute atomic E-state index is 6.36. The van der Waals surface area contributed by atoms with Crippen LogP contribution in [0.3, 0.4) is 0 Å². The van der Waals surface area contributed by atoms with Crippen molar-refractivity contribution in [3.8, 4) is 17.2 Å². The molecule has 2 aromatic rings. The lowest BCUT2D eigenvalue weighted by Crippen LogP contribution is -2.34. The van der Waals surface area contributed by atoms with E-state index in [-0.39, 0.29) is 12.4 Å². The van der Waals surface area contributed by atoms with Crippen molar-refractivity contribution >= 4 is 12.4 Å². The van der Waals surface area contributed by atoms with Crippen LogP contribution in [-0.2, 0) is 10.3 Å². The fourth-order valence-electron chi connectivity index (χ4n) is 2.73. The van der Waals surface area contributed by atoms with Gasteiger partial charge in [-0.15, -0.1) is 12.4 Å². The third-order valence-electron chi connectivity index (χ3n) is 4.00. The summed E-state index contributed by atoms with van der Waals surface area (Å²) in [7, 11) is 1.64. The summed E-state index contributed by atoms with van der Waals surface area (Å²) in [5.41, 5.74) is 6.75. The Hall–Kier alpha value is -1.63. The zero-order valence-corrected chi connectivity index (χ0v) is 14.0. The standard InChI is InChI=1S/C16H21N3O3.ClH/c1-20-9-10-21-13-6-4-5-12(11-13)14-18-15(19-22-14)16(17)7-2-3-8-16;/h4-6,11H,2-3,7-10,17H2,1H3;1H. The number of ether oxygens (including phenoxy) is 2. The van der Waals surface area contributed by atoms with Crippen molar-refractivity contribution in [3.63, 3.8) is 0 Å². The molecule has 126 valence electrons. The summed E-state index contributed by atoms with van der Waals surface area (Å²) in [5.74, 6) is 1.83. The summed E-state index contributed by atoms with van der Waals surface area (Å²) >= 11 is 0. The van der Waals surface area contributed by atoms with Gasteiger partial charge < -0.3 is 19.7 Å². The third-order valence-corrected chi connectivity index (χ3v) is 4.00. The highest BCUT2D eigenvalue weighted by molar-refractivity contribution is 5.85. The fourth-order valence-corrected chi connectivity index (χ4v) is 2.73. The molecule has 1 saturated carbocycles. The van der Waals surface area contributed by atoms with Crippen LogP contribution in [0.1, 0.15) is 31.5 Å². The first kappa shape index (κ1) is 17.7. The molecule has 1 fully saturated rings. The molecule has 1 heterocycles. The molecule has 7 heteroatoms. The van der Waals surface area contributed by atoms with Crippen molar-refractivity contribution in [1.29, 1.82) is 0 Å². The minimum absolute atomic E-state index is 0.